The predicted molar refractivity (Wildman–Crippen MR) is 110 cm³/mol. The second-order valence-corrected chi connectivity index (χ2v) is 7.58. The Morgan fingerprint density at radius 3 is 2.74 bits per heavy atom. The van der Waals surface area contributed by atoms with E-state index in [1.807, 2.05) is 30.5 Å². The van der Waals surface area contributed by atoms with Gasteiger partial charge in [-0.15, -0.1) is 11.3 Å². The van der Waals surface area contributed by atoms with E-state index in [9.17, 15) is 9.59 Å². The maximum Gasteiger partial charge on any atom is 0.262 e. The van der Waals surface area contributed by atoms with Gasteiger partial charge in [0, 0.05) is 35.9 Å². The molecule has 2 heterocycles. The molecule has 6 heteroatoms. The normalized spacial score (nSPS) is 11.1. The second kappa shape index (κ2) is 8.05. The first-order valence-corrected chi connectivity index (χ1v) is 9.99. The van der Waals surface area contributed by atoms with E-state index in [1.54, 1.807) is 18.6 Å². The summed E-state index contributed by atoms with van der Waals surface area (Å²) in [4.78, 5) is 30.3. The van der Waals surface area contributed by atoms with E-state index in [2.05, 4.69) is 6.92 Å². The number of benzene rings is 1. The maximum atomic E-state index is 13.4. The van der Waals surface area contributed by atoms with Crippen LogP contribution >= 0.6 is 11.3 Å². The first kappa shape index (κ1) is 19.3. The molecule has 1 aromatic carbocycles. The molecule has 0 saturated carbocycles. The monoisotopic (exact) mass is 384 g/mol. The highest BCUT2D eigenvalue weighted by Gasteiger charge is 2.19. The smallest absolute Gasteiger partial charge is 0.262 e. The highest BCUT2D eigenvalue weighted by Crippen LogP contribution is 2.37. The molecule has 5 nitrogen and oxygen atoms in total. The van der Waals surface area contributed by atoms with Crippen LogP contribution in [0.1, 0.15) is 38.1 Å². The van der Waals surface area contributed by atoms with Gasteiger partial charge in [0.1, 0.15) is 22.2 Å². The van der Waals surface area contributed by atoms with Crippen LogP contribution in [-0.4, -0.2) is 22.4 Å². The molecule has 0 aliphatic carbocycles. The SMILES string of the molecule is CCCc1nc2scc(-c3cc(C)ccc3OC)c2c(=O)n1CCC(C)=O. The van der Waals surface area contributed by atoms with Crippen molar-refractivity contribution in [3.63, 3.8) is 0 Å². The lowest BCUT2D eigenvalue weighted by molar-refractivity contribution is -0.117. The van der Waals surface area contributed by atoms with E-state index in [-0.39, 0.29) is 11.3 Å². The number of nitrogens with zero attached hydrogens (tertiary/aromatic N) is 2. The van der Waals surface area contributed by atoms with Crippen LogP contribution in [0.4, 0.5) is 0 Å². The van der Waals surface area contributed by atoms with Gasteiger partial charge in [0.05, 0.1) is 12.5 Å². The molecule has 0 fully saturated rings. The maximum absolute atomic E-state index is 13.4. The van der Waals surface area contributed by atoms with Gasteiger partial charge in [-0.3, -0.25) is 14.2 Å². The molecule has 0 aliphatic rings. The number of hydrogen-bond donors (Lipinski definition) is 0. The number of fused-ring (bicyclic) bond motifs is 1. The Balaban J connectivity index is 2.26. The highest BCUT2D eigenvalue weighted by molar-refractivity contribution is 7.17. The number of carbonyl (C=O) groups is 1. The van der Waals surface area contributed by atoms with E-state index in [4.69, 9.17) is 9.72 Å². The number of Topliss-reactive ketones (excluding diaryl/α,β-unsaturated/α-hetero) is 1. The molecule has 142 valence electrons. The van der Waals surface area contributed by atoms with Gasteiger partial charge in [0.15, 0.2) is 0 Å². The Labute approximate surface area is 162 Å². The molecule has 0 aliphatic heterocycles. The molecule has 0 N–H and O–H groups in total. The van der Waals surface area contributed by atoms with Crippen molar-refractivity contribution in [3.05, 3.63) is 45.3 Å². The first-order chi connectivity index (χ1) is 13.0. The van der Waals surface area contributed by atoms with E-state index in [1.165, 1.54) is 11.3 Å². The summed E-state index contributed by atoms with van der Waals surface area (Å²) in [6.45, 7) is 5.99. The zero-order chi connectivity index (χ0) is 19.6. The third-order valence-electron chi connectivity index (χ3n) is 4.58. The molecule has 0 spiro atoms. The molecule has 3 aromatic rings. The Kier molecular flexibility index (Phi) is 5.75. The number of thiophene rings is 1. The van der Waals surface area contributed by atoms with Crippen LogP contribution in [0.2, 0.25) is 0 Å². The van der Waals surface area contributed by atoms with Crippen molar-refractivity contribution in [2.75, 3.05) is 7.11 Å². The third-order valence-corrected chi connectivity index (χ3v) is 5.45. The summed E-state index contributed by atoms with van der Waals surface area (Å²) >= 11 is 1.47. The average molecular weight is 385 g/mol. The topological polar surface area (TPSA) is 61.2 Å². The molecule has 0 atom stereocenters. The molecule has 3 rings (SSSR count). The largest absolute Gasteiger partial charge is 0.496 e. The summed E-state index contributed by atoms with van der Waals surface area (Å²) in [6, 6.07) is 5.93. The van der Waals surface area contributed by atoms with Gasteiger partial charge in [-0.05, 0) is 32.4 Å². The fourth-order valence-corrected chi connectivity index (χ4v) is 4.16. The molecular weight excluding hydrogens is 360 g/mol. The van der Waals surface area contributed by atoms with Gasteiger partial charge in [-0.25, -0.2) is 4.98 Å². The average Bonchev–Trinajstić information content (AvgIpc) is 3.05. The fraction of sp³-hybridized carbons (Fsp3) is 0.381. The highest BCUT2D eigenvalue weighted by atomic mass is 32.1. The number of hydrogen-bond acceptors (Lipinski definition) is 5. The van der Waals surface area contributed by atoms with Crippen LogP contribution in [0.3, 0.4) is 0 Å². The Bertz CT molecular complexity index is 1050. The van der Waals surface area contributed by atoms with Crippen molar-refractivity contribution < 1.29 is 9.53 Å². The zero-order valence-electron chi connectivity index (χ0n) is 16.2. The lowest BCUT2D eigenvalue weighted by Crippen LogP contribution is -2.26. The third kappa shape index (κ3) is 3.81. The minimum absolute atomic E-state index is 0.0651. The second-order valence-electron chi connectivity index (χ2n) is 6.72. The van der Waals surface area contributed by atoms with Crippen molar-refractivity contribution in [3.8, 4) is 16.9 Å². The standard InChI is InChI=1S/C21H24N2O3S/c1-5-6-18-22-20-19(21(25)23(18)10-9-14(3)24)16(12-27-20)15-11-13(2)7-8-17(15)26-4/h7-8,11-12H,5-6,9-10H2,1-4H3. The molecule has 0 unspecified atom stereocenters. The van der Waals surface area contributed by atoms with Crippen molar-refractivity contribution in [1.82, 2.24) is 9.55 Å². The number of rotatable bonds is 7. The number of aromatic nitrogens is 2. The van der Waals surface area contributed by atoms with E-state index >= 15 is 0 Å². The van der Waals surface area contributed by atoms with Crippen molar-refractivity contribution >= 4 is 27.3 Å². The molecule has 0 saturated heterocycles. The van der Waals surface area contributed by atoms with Gasteiger partial charge < -0.3 is 4.74 Å². The van der Waals surface area contributed by atoms with Gasteiger partial charge in [-0.2, -0.15) is 0 Å². The van der Waals surface area contributed by atoms with Crippen LogP contribution in [0, 0.1) is 6.92 Å². The first-order valence-electron chi connectivity index (χ1n) is 9.11. The molecule has 0 radical (unpaired) electrons. The van der Waals surface area contributed by atoms with Crippen LogP contribution in [-0.2, 0) is 17.8 Å². The summed E-state index contributed by atoms with van der Waals surface area (Å²) in [5, 5.41) is 2.58. The summed E-state index contributed by atoms with van der Waals surface area (Å²) < 4.78 is 7.19. The summed E-state index contributed by atoms with van der Waals surface area (Å²) in [5.74, 6) is 1.55. The number of ketones is 1. The van der Waals surface area contributed by atoms with E-state index < -0.39 is 0 Å². The molecular formula is C21H24N2O3S. The fourth-order valence-electron chi connectivity index (χ4n) is 3.21. The minimum Gasteiger partial charge on any atom is -0.496 e. The van der Waals surface area contributed by atoms with Crippen molar-refractivity contribution in [1.29, 1.82) is 0 Å². The minimum atomic E-state index is -0.0792. The molecule has 27 heavy (non-hydrogen) atoms. The van der Waals surface area contributed by atoms with Crippen molar-refractivity contribution in [2.24, 2.45) is 0 Å². The Hall–Kier alpha value is -2.47. The summed E-state index contributed by atoms with van der Waals surface area (Å²) in [7, 11) is 1.63. The number of ether oxygens (including phenoxy) is 1. The van der Waals surface area contributed by atoms with Crippen LogP contribution < -0.4 is 10.3 Å². The van der Waals surface area contributed by atoms with Crippen LogP contribution in [0.15, 0.2) is 28.4 Å². The molecule has 2 aromatic heterocycles. The predicted octanol–water partition coefficient (Wildman–Crippen LogP) is 4.37. The number of carbonyl (C=O) groups excluding carboxylic acids is 1. The number of methoxy groups -OCH3 is 1. The summed E-state index contributed by atoms with van der Waals surface area (Å²) in [6.07, 6.45) is 1.93. The quantitative estimate of drug-likeness (QED) is 0.607. The van der Waals surface area contributed by atoms with Gasteiger partial charge in [0.25, 0.3) is 5.56 Å². The van der Waals surface area contributed by atoms with Crippen LogP contribution in [0.25, 0.3) is 21.3 Å². The Morgan fingerprint density at radius 2 is 2.07 bits per heavy atom. The van der Waals surface area contributed by atoms with Crippen molar-refractivity contribution in [2.45, 2.75) is 46.6 Å². The molecule has 0 bridgehead atoms. The summed E-state index contributed by atoms with van der Waals surface area (Å²) in [5.41, 5.74) is 2.75. The zero-order valence-corrected chi connectivity index (χ0v) is 17.0. The molecule has 0 amide bonds. The van der Waals surface area contributed by atoms with Gasteiger partial charge >= 0.3 is 0 Å². The van der Waals surface area contributed by atoms with Gasteiger partial charge in [-0.1, -0.05) is 18.6 Å². The lowest BCUT2D eigenvalue weighted by Gasteiger charge is -2.13. The Morgan fingerprint density at radius 1 is 1.30 bits per heavy atom. The number of aryl methyl sites for hydroxylation is 2. The van der Waals surface area contributed by atoms with Gasteiger partial charge in [0.2, 0.25) is 0 Å². The van der Waals surface area contributed by atoms with E-state index in [0.717, 1.165) is 39.5 Å². The van der Waals surface area contributed by atoms with E-state index in [0.29, 0.717) is 24.8 Å². The van der Waals surface area contributed by atoms with Crippen LogP contribution in [0.5, 0.6) is 5.75 Å². The lowest BCUT2D eigenvalue weighted by atomic mass is 10.0.